The van der Waals surface area contributed by atoms with Gasteiger partial charge in [0, 0.05) is 50.2 Å². The lowest BCUT2D eigenvalue weighted by Gasteiger charge is -2.36. The van der Waals surface area contributed by atoms with Crippen molar-refractivity contribution >= 4 is 32.8 Å². The highest BCUT2D eigenvalue weighted by Gasteiger charge is 2.33. The second-order valence-corrected chi connectivity index (χ2v) is 9.42. The highest BCUT2D eigenvalue weighted by molar-refractivity contribution is 7.89. The van der Waals surface area contributed by atoms with Gasteiger partial charge >= 0.3 is 0 Å². The molecule has 1 aromatic carbocycles. The summed E-state index contributed by atoms with van der Waals surface area (Å²) < 4.78 is 28.1. The summed E-state index contributed by atoms with van der Waals surface area (Å²) in [5, 5.41) is 3.49. The summed E-state index contributed by atoms with van der Waals surface area (Å²) in [4.78, 5) is 27.0. The summed E-state index contributed by atoms with van der Waals surface area (Å²) >= 11 is 0. The van der Waals surface area contributed by atoms with Gasteiger partial charge in [0.1, 0.15) is 4.90 Å². The van der Waals surface area contributed by atoms with Crippen molar-refractivity contribution in [2.24, 2.45) is 0 Å². The number of anilines is 1. The minimum absolute atomic E-state index is 0.213. The van der Waals surface area contributed by atoms with Gasteiger partial charge in [0.15, 0.2) is 0 Å². The monoisotopic (exact) mass is 440 g/mol. The van der Waals surface area contributed by atoms with E-state index in [1.807, 2.05) is 24.0 Å². The number of aryl methyl sites for hydroxylation is 1. The van der Waals surface area contributed by atoms with E-state index < -0.39 is 16.1 Å². The summed E-state index contributed by atoms with van der Waals surface area (Å²) in [5.41, 5.74) is 1.45. The number of amides is 1. The number of sulfonamides is 1. The molecule has 1 aliphatic rings. The molecule has 1 saturated heterocycles. The van der Waals surface area contributed by atoms with E-state index in [0.717, 1.165) is 10.9 Å². The number of pyridine rings is 1. The van der Waals surface area contributed by atoms with Gasteiger partial charge in [-0.3, -0.25) is 20.0 Å². The molecule has 1 N–H and O–H groups in total. The molecule has 1 aliphatic heterocycles. The number of nitrogens with one attached hydrogen (secondary N) is 1. The first-order valence-corrected chi connectivity index (χ1v) is 11.5. The van der Waals surface area contributed by atoms with E-state index in [9.17, 15) is 13.2 Å². The number of hydrogen-bond acceptors (Lipinski definition) is 7. The molecule has 2 aromatic heterocycles. The number of nitrogens with zero attached hydrogens (tertiary/aromatic N) is 5. The van der Waals surface area contributed by atoms with E-state index in [-0.39, 0.29) is 16.8 Å². The molecule has 0 radical (unpaired) electrons. The molecule has 0 unspecified atom stereocenters. The first-order chi connectivity index (χ1) is 14.9. The molecule has 9 nitrogen and oxygen atoms in total. The Morgan fingerprint density at radius 2 is 1.77 bits per heavy atom. The van der Waals surface area contributed by atoms with Gasteiger partial charge in [0.05, 0.1) is 11.6 Å². The van der Waals surface area contributed by atoms with Crippen molar-refractivity contribution < 1.29 is 13.2 Å². The zero-order valence-electron chi connectivity index (χ0n) is 17.4. The molecule has 4 rings (SSSR count). The molecule has 10 heteroatoms. The highest BCUT2D eigenvalue weighted by Crippen LogP contribution is 2.25. The van der Waals surface area contributed by atoms with E-state index in [0.29, 0.717) is 31.7 Å². The van der Waals surface area contributed by atoms with Crippen LogP contribution in [0.3, 0.4) is 0 Å². The number of carbonyl (C=O) groups is 1. The van der Waals surface area contributed by atoms with Gasteiger partial charge in [-0.05, 0) is 37.6 Å². The number of rotatable bonds is 5. The van der Waals surface area contributed by atoms with Gasteiger partial charge in [0.25, 0.3) is 0 Å². The van der Waals surface area contributed by atoms with Gasteiger partial charge in [-0.15, -0.1) is 0 Å². The topological polar surface area (TPSA) is 108 Å². The van der Waals surface area contributed by atoms with Crippen molar-refractivity contribution in [1.82, 2.24) is 24.2 Å². The Hall–Kier alpha value is -2.95. The van der Waals surface area contributed by atoms with Crippen LogP contribution in [0.15, 0.2) is 53.8 Å². The lowest BCUT2D eigenvalue weighted by molar-refractivity contribution is -0.121. The molecule has 162 valence electrons. The Kier molecular flexibility index (Phi) is 5.94. The van der Waals surface area contributed by atoms with Crippen molar-refractivity contribution in [2.45, 2.75) is 24.8 Å². The largest absolute Gasteiger partial charge is 0.293 e. The van der Waals surface area contributed by atoms with Crippen molar-refractivity contribution in [3.63, 3.8) is 0 Å². The minimum atomic E-state index is -3.70. The van der Waals surface area contributed by atoms with Crippen LogP contribution in [-0.4, -0.2) is 70.7 Å². The average Bonchev–Trinajstić information content (AvgIpc) is 2.78. The number of fused-ring (bicyclic) bond motifs is 1. The molecular formula is C21H24N6O3S. The van der Waals surface area contributed by atoms with Crippen LogP contribution in [0.5, 0.6) is 0 Å². The Morgan fingerprint density at radius 1 is 1.06 bits per heavy atom. The summed E-state index contributed by atoms with van der Waals surface area (Å²) in [6.07, 6.45) is 4.79. The fourth-order valence-corrected chi connectivity index (χ4v) is 5.25. The molecule has 0 bridgehead atoms. The fraction of sp³-hybridized carbons (Fsp3) is 0.333. The Bertz CT molecular complexity index is 1190. The predicted octanol–water partition coefficient (Wildman–Crippen LogP) is 1.67. The first kappa shape index (κ1) is 21.3. The number of carbonyl (C=O) groups excluding carboxylic acids is 1. The summed E-state index contributed by atoms with van der Waals surface area (Å²) in [6.45, 7) is 5.20. The summed E-state index contributed by atoms with van der Waals surface area (Å²) in [5.74, 6) is 0.0235. The number of piperazine rings is 1. The van der Waals surface area contributed by atoms with Crippen LogP contribution in [-0.2, 0) is 14.8 Å². The molecule has 31 heavy (non-hydrogen) atoms. The van der Waals surface area contributed by atoms with E-state index in [1.165, 1.54) is 4.31 Å². The van der Waals surface area contributed by atoms with Gasteiger partial charge in [-0.1, -0.05) is 12.1 Å². The van der Waals surface area contributed by atoms with E-state index in [2.05, 4.69) is 20.3 Å². The SMILES string of the molecule is Cc1cnc2c(S(=O)(=O)N3CCN([C@@H](C)C(=O)Nc4ncccn4)CC3)cccc2c1. The quantitative estimate of drug-likeness (QED) is 0.643. The highest BCUT2D eigenvalue weighted by atomic mass is 32.2. The maximum atomic E-state index is 13.3. The maximum Gasteiger partial charge on any atom is 0.245 e. The smallest absolute Gasteiger partial charge is 0.245 e. The standard InChI is InChI=1S/C21H24N6O3S/c1-15-13-17-5-3-6-18(19(17)24-14-15)31(29,30)27-11-9-26(10-12-27)16(2)20(28)25-21-22-7-4-8-23-21/h3-8,13-14,16H,9-12H2,1-2H3,(H,22,23,25,28)/t16-/m0/s1. The summed E-state index contributed by atoms with van der Waals surface area (Å²) in [7, 11) is -3.70. The third-order valence-electron chi connectivity index (χ3n) is 5.43. The second-order valence-electron chi connectivity index (χ2n) is 7.52. The van der Waals surface area contributed by atoms with Gasteiger partial charge in [-0.25, -0.2) is 18.4 Å². The lowest BCUT2D eigenvalue weighted by atomic mass is 10.2. The van der Waals surface area contributed by atoms with Crippen LogP contribution in [0.1, 0.15) is 12.5 Å². The van der Waals surface area contributed by atoms with Crippen LogP contribution in [0.2, 0.25) is 0 Å². The minimum Gasteiger partial charge on any atom is -0.293 e. The van der Waals surface area contributed by atoms with E-state index >= 15 is 0 Å². The second kappa shape index (κ2) is 8.66. The number of aromatic nitrogens is 3. The Morgan fingerprint density at radius 3 is 2.48 bits per heavy atom. The number of benzene rings is 1. The van der Waals surface area contributed by atoms with E-state index in [4.69, 9.17) is 0 Å². The van der Waals surface area contributed by atoms with Crippen LogP contribution >= 0.6 is 0 Å². The summed E-state index contributed by atoms with van der Waals surface area (Å²) in [6, 6.07) is 8.37. The fourth-order valence-electron chi connectivity index (χ4n) is 3.67. The molecule has 1 amide bonds. The van der Waals surface area contributed by atoms with Crippen molar-refractivity contribution in [3.05, 3.63) is 54.5 Å². The van der Waals surface area contributed by atoms with E-state index in [1.54, 1.807) is 43.7 Å². The van der Waals surface area contributed by atoms with Crippen LogP contribution in [0, 0.1) is 6.92 Å². The molecule has 0 spiro atoms. The van der Waals surface area contributed by atoms with Gasteiger partial charge in [0.2, 0.25) is 21.9 Å². The molecule has 3 aromatic rings. The molecule has 0 aliphatic carbocycles. The van der Waals surface area contributed by atoms with Crippen molar-refractivity contribution in [1.29, 1.82) is 0 Å². The molecule has 0 saturated carbocycles. The predicted molar refractivity (Wildman–Crippen MR) is 117 cm³/mol. The molecule has 1 atom stereocenters. The molecule has 3 heterocycles. The Labute approximate surface area is 181 Å². The zero-order valence-corrected chi connectivity index (χ0v) is 18.2. The first-order valence-electron chi connectivity index (χ1n) is 10.0. The molecular weight excluding hydrogens is 416 g/mol. The number of hydrogen-bond donors (Lipinski definition) is 1. The van der Waals surface area contributed by atoms with Gasteiger partial charge < -0.3 is 0 Å². The normalized spacial score (nSPS) is 16.8. The van der Waals surface area contributed by atoms with Crippen LogP contribution in [0.25, 0.3) is 10.9 Å². The van der Waals surface area contributed by atoms with Crippen LogP contribution in [0.4, 0.5) is 5.95 Å². The maximum absolute atomic E-state index is 13.3. The third-order valence-corrected chi connectivity index (χ3v) is 7.36. The number of para-hydroxylation sites is 1. The average molecular weight is 441 g/mol. The Balaban J connectivity index is 1.45. The lowest BCUT2D eigenvalue weighted by Crippen LogP contribution is -2.54. The zero-order chi connectivity index (χ0) is 22.0. The van der Waals surface area contributed by atoms with Crippen molar-refractivity contribution in [3.8, 4) is 0 Å². The van der Waals surface area contributed by atoms with Crippen molar-refractivity contribution in [2.75, 3.05) is 31.5 Å². The third kappa shape index (κ3) is 4.41. The van der Waals surface area contributed by atoms with Crippen LogP contribution < -0.4 is 5.32 Å². The van der Waals surface area contributed by atoms with Gasteiger partial charge in [-0.2, -0.15) is 4.31 Å². The molecule has 1 fully saturated rings.